The molecule has 0 unspecified atom stereocenters. The smallest absolute Gasteiger partial charge is 0.410 e. The maximum atomic E-state index is 12.5. The number of nitrogens with one attached hydrogen (secondary N) is 1. The van der Waals surface area contributed by atoms with Gasteiger partial charge in [-0.05, 0) is 45.0 Å². The highest BCUT2D eigenvalue weighted by molar-refractivity contribution is 5.97. The van der Waals surface area contributed by atoms with Gasteiger partial charge in [-0.15, -0.1) is 12.4 Å². The molecule has 0 aromatic heterocycles. The van der Waals surface area contributed by atoms with E-state index in [4.69, 9.17) is 42.6 Å². The predicted octanol–water partition coefficient (Wildman–Crippen LogP) is 4.75. The van der Waals surface area contributed by atoms with Gasteiger partial charge in [-0.25, -0.2) is 14.4 Å². The van der Waals surface area contributed by atoms with Crippen molar-refractivity contribution in [1.82, 2.24) is 10.2 Å². The van der Waals surface area contributed by atoms with Crippen LogP contribution >= 0.6 is 12.4 Å². The largest absolute Gasteiger partial charge is 0.491 e. The fourth-order valence-electron chi connectivity index (χ4n) is 5.41. The number of nitrogens with zero attached hydrogens (tertiary/aromatic N) is 1. The summed E-state index contributed by atoms with van der Waals surface area (Å²) >= 11 is 0. The van der Waals surface area contributed by atoms with Crippen LogP contribution in [0.5, 0.6) is 23.0 Å². The first-order valence-corrected chi connectivity index (χ1v) is 16.4. The SMILES string of the molecule is CC(C)(C)OC(=O)N1CCOC[C@H]1COc1cccc2c1C(=O)OC(C)(C)O2.CC1(C)OC(=O)c2c(OC[C@@H]3COCCN3)cccc2O1.Cl. The highest BCUT2D eigenvalue weighted by Crippen LogP contribution is 2.38. The summed E-state index contributed by atoms with van der Waals surface area (Å²) in [5.74, 6) is -1.22. The number of carbonyl (C=O) groups excluding carboxylic acids is 3. The number of hydrogen-bond donors (Lipinski definition) is 1. The second-order valence-corrected chi connectivity index (χ2v) is 13.8. The molecular weight excluding hydrogens is 676 g/mol. The lowest BCUT2D eigenvalue weighted by Gasteiger charge is -2.36. The quantitative estimate of drug-likeness (QED) is 0.323. The third kappa shape index (κ3) is 10.1. The lowest BCUT2D eigenvalue weighted by molar-refractivity contribution is -0.128. The highest BCUT2D eigenvalue weighted by atomic mass is 35.5. The number of esters is 2. The van der Waals surface area contributed by atoms with Crippen molar-refractivity contribution in [2.75, 3.05) is 52.7 Å². The number of benzene rings is 2. The van der Waals surface area contributed by atoms with Crippen LogP contribution in [0.2, 0.25) is 0 Å². The molecular formula is C35H47ClN2O12. The Labute approximate surface area is 298 Å². The van der Waals surface area contributed by atoms with E-state index in [0.29, 0.717) is 68.1 Å². The van der Waals surface area contributed by atoms with Crippen LogP contribution in [-0.2, 0) is 23.7 Å². The molecule has 2 saturated heterocycles. The molecule has 2 fully saturated rings. The number of hydrogen-bond acceptors (Lipinski definition) is 13. The molecule has 4 heterocycles. The molecule has 276 valence electrons. The summed E-state index contributed by atoms with van der Waals surface area (Å²) in [6.45, 7) is 16.0. The summed E-state index contributed by atoms with van der Waals surface area (Å²) in [6, 6.07) is 10.2. The Morgan fingerprint density at radius 2 is 1.36 bits per heavy atom. The molecule has 0 spiro atoms. The Hall–Kier alpha value is -3.98. The monoisotopic (exact) mass is 722 g/mol. The van der Waals surface area contributed by atoms with Gasteiger partial charge in [0.15, 0.2) is 0 Å². The molecule has 6 rings (SSSR count). The van der Waals surface area contributed by atoms with Gasteiger partial charge >= 0.3 is 18.0 Å². The van der Waals surface area contributed by atoms with Crippen LogP contribution in [-0.4, -0.2) is 105 Å². The zero-order chi connectivity index (χ0) is 35.4. The number of ether oxygens (including phenoxy) is 9. The molecule has 4 aliphatic heterocycles. The average molecular weight is 723 g/mol. The molecule has 15 heteroatoms. The van der Waals surface area contributed by atoms with Crippen LogP contribution in [0.4, 0.5) is 4.79 Å². The first kappa shape index (κ1) is 38.8. The van der Waals surface area contributed by atoms with Crippen molar-refractivity contribution in [2.45, 2.75) is 77.7 Å². The second kappa shape index (κ2) is 15.9. The summed E-state index contributed by atoms with van der Waals surface area (Å²) in [4.78, 5) is 38.7. The Morgan fingerprint density at radius 3 is 1.88 bits per heavy atom. The van der Waals surface area contributed by atoms with E-state index in [1.165, 1.54) is 0 Å². The standard InChI is InChI=1S/C20H27NO7.C15H19NO5.ClH/c1-19(2,3)28-18(23)21-9-10-24-11-13(21)12-25-14-7-6-8-15-16(14)17(22)27-20(4,5)26-15;1-15(2)20-12-5-3-4-11(13(12)14(17)21-15)19-9-10-8-18-7-6-16-10;/h6-8,13H,9-12H2,1-5H3;3-5,10,16H,6-9H2,1-2H3;1H/t13-;10-;/m00./s1. The van der Waals surface area contributed by atoms with Crippen molar-refractivity contribution >= 4 is 30.4 Å². The maximum Gasteiger partial charge on any atom is 0.410 e. The van der Waals surface area contributed by atoms with Crippen molar-refractivity contribution in [3.8, 4) is 23.0 Å². The molecule has 4 aliphatic rings. The lowest BCUT2D eigenvalue weighted by atomic mass is 10.1. The van der Waals surface area contributed by atoms with Crippen LogP contribution in [0.25, 0.3) is 0 Å². The third-order valence-corrected chi connectivity index (χ3v) is 7.50. The van der Waals surface area contributed by atoms with E-state index in [1.54, 1.807) is 69.0 Å². The van der Waals surface area contributed by atoms with Crippen molar-refractivity contribution in [1.29, 1.82) is 0 Å². The topological polar surface area (TPSA) is 150 Å². The van der Waals surface area contributed by atoms with Crippen LogP contribution in [0.3, 0.4) is 0 Å². The average Bonchev–Trinajstić information content (AvgIpc) is 3.01. The van der Waals surface area contributed by atoms with Gasteiger partial charge in [0.2, 0.25) is 11.6 Å². The minimum atomic E-state index is -1.03. The number of halogens is 1. The van der Waals surface area contributed by atoms with E-state index >= 15 is 0 Å². The molecule has 1 N–H and O–H groups in total. The molecule has 0 aliphatic carbocycles. The van der Waals surface area contributed by atoms with Crippen LogP contribution in [0.1, 0.15) is 69.2 Å². The maximum absolute atomic E-state index is 12.5. The molecule has 0 saturated carbocycles. The van der Waals surface area contributed by atoms with E-state index in [0.717, 1.165) is 6.54 Å². The fraction of sp³-hybridized carbons (Fsp3) is 0.571. The van der Waals surface area contributed by atoms with Crippen LogP contribution < -0.4 is 24.3 Å². The number of rotatable bonds is 6. The number of morpholine rings is 2. The molecule has 2 aromatic carbocycles. The Kier molecular flexibility index (Phi) is 12.4. The Balaban J connectivity index is 0.000000229. The van der Waals surface area contributed by atoms with E-state index in [1.807, 2.05) is 20.8 Å². The van der Waals surface area contributed by atoms with E-state index < -0.39 is 35.2 Å². The fourth-order valence-corrected chi connectivity index (χ4v) is 5.41. The number of fused-ring (bicyclic) bond motifs is 2. The van der Waals surface area contributed by atoms with E-state index in [9.17, 15) is 14.4 Å². The minimum Gasteiger partial charge on any atom is -0.491 e. The van der Waals surface area contributed by atoms with E-state index in [-0.39, 0.29) is 36.7 Å². The number of carbonyl (C=O) groups is 3. The van der Waals surface area contributed by atoms with Crippen LogP contribution in [0, 0.1) is 0 Å². The van der Waals surface area contributed by atoms with Gasteiger partial charge < -0.3 is 47.9 Å². The second-order valence-electron chi connectivity index (χ2n) is 13.8. The van der Waals surface area contributed by atoms with Crippen molar-refractivity contribution in [2.24, 2.45) is 0 Å². The van der Waals surface area contributed by atoms with Gasteiger partial charge in [-0.1, -0.05) is 12.1 Å². The zero-order valence-corrected chi connectivity index (χ0v) is 30.3. The van der Waals surface area contributed by atoms with Crippen molar-refractivity contribution < 1.29 is 57.0 Å². The summed E-state index contributed by atoms with van der Waals surface area (Å²) < 4.78 is 49.9. The molecule has 1 amide bonds. The first-order chi connectivity index (χ1) is 23.1. The van der Waals surface area contributed by atoms with Gasteiger partial charge in [0.25, 0.3) is 0 Å². The Morgan fingerprint density at radius 1 is 0.820 bits per heavy atom. The molecule has 0 bridgehead atoms. The molecule has 2 atom stereocenters. The first-order valence-electron chi connectivity index (χ1n) is 16.4. The van der Waals surface area contributed by atoms with Crippen LogP contribution in [0.15, 0.2) is 36.4 Å². The highest BCUT2D eigenvalue weighted by Gasteiger charge is 2.38. The summed E-state index contributed by atoms with van der Waals surface area (Å²) in [5, 5.41) is 3.30. The summed E-state index contributed by atoms with van der Waals surface area (Å²) in [6.07, 6.45) is -0.413. The van der Waals surface area contributed by atoms with Gasteiger partial charge in [-0.3, -0.25) is 4.90 Å². The predicted molar refractivity (Wildman–Crippen MR) is 182 cm³/mol. The molecule has 50 heavy (non-hydrogen) atoms. The van der Waals surface area contributed by atoms with Gasteiger partial charge in [0, 0.05) is 40.8 Å². The van der Waals surface area contributed by atoms with Gasteiger partial charge in [0.1, 0.15) is 52.9 Å². The summed E-state index contributed by atoms with van der Waals surface area (Å²) in [5.41, 5.74) is -0.0105. The number of amides is 1. The minimum absolute atomic E-state index is 0. The lowest BCUT2D eigenvalue weighted by Crippen LogP contribution is -2.52. The van der Waals surface area contributed by atoms with Crippen molar-refractivity contribution in [3.05, 3.63) is 47.5 Å². The van der Waals surface area contributed by atoms with Gasteiger partial charge in [-0.2, -0.15) is 0 Å². The third-order valence-electron chi connectivity index (χ3n) is 7.50. The van der Waals surface area contributed by atoms with Gasteiger partial charge in [0.05, 0.1) is 38.5 Å². The Bertz CT molecular complexity index is 1520. The van der Waals surface area contributed by atoms with E-state index in [2.05, 4.69) is 5.32 Å². The zero-order valence-electron chi connectivity index (χ0n) is 29.5. The molecule has 0 radical (unpaired) electrons. The number of cyclic esters (lactones) is 2. The molecule has 14 nitrogen and oxygen atoms in total. The van der Waals surface area contributed by atoms with Crippen molar-refractivity contribution in [3.63, 3.8) is 0 Å². The normalized spacial score (nSPS) is 21.9. The molecule has 2 aromatic rings. The summed E-state index contributed by atoms with van der Waals surface area (Å²) in [7, 11) is 0.